The van der Waals surface area contributed by atoms with E-state index in [0.717, 1.165) is 0 Å². The van der Waals surface area contributed by atoms with E-state index in [2.05, 4.69) is 5.32 Å². The molecule has 6 nitrogen and oxygen atoms in total. The monoisotopic (exact) mass is 300 g/mol. The van der Waals surface area contributed by atoms with Gasteiger partial charge in [-0.2, -0.15) is 0 Å². The van der Waals surface area contributed by atoms with Crippen LogP contribution in [0.25, 0.3) is 0 Å². The molecule has 0 saturated carbocycles. The number of ether oxygens (including phenoxy) is 1. The third kappa shape index (κ3) is 6.51. The van der Waals surface area contributed by atoms with Gasteiger partial charge in [0.05, 0.1) is 19.7 Å². The molecule has 7 heteroatoms. The number of nitrogens with one attached hydrogen (secondary N) is 1. The molecule has 0 aromatic heterocycles. The predicted octanol–water partition coefficient (Wildman–Crippen LogP) is 1.31. The van der Waals surface area contributed by atoms with Gasteiger partial charge in [-0.1, -0.05) is 17.7 Å². The van der Waals surface area contributed by atoms with Gasteiger partial charge in [0.2, 0.25) is 5.91 Å². The number of hydrogen-bond acceptors (Lipinski definition) is 4. The second-order valence-electron chi connectivity index (χ2n) is 4.16. The number of amides is 1. The lowest BCUT2D eigenvalue weighted by Crippen LogP contribution is -2.38. The first-order valence-corrected chi connectivity index (χ1v) is 6.37. The van der Waals surface area contributed by atoms with Crippen molar-refractivity contribution >= 4 is 29.2 Å². The van der Waals surface area contributed by atoms with Crippen molar-refractivity contribution in [3.8, 4) is 0 Å². The minimum atomic E-state index is -0.989. The lowest BCUT2D eigenvalue weighted by Gasteiger charge is -2.19. The third-order valence-corrected chi connectivity index (χ3v) is 2.68. The molecule has 1 rings (SSSR count). The molecule has 0 aliphatic carbocycles. The van der Waals surface area contributed by atoms with E-state index in [1.807, 2.05) is 0 Å². The number of methoxy groups -OCH3 is 1. The summed E-state index contributed by atoms with van der Waals surface area (Å²) in [4.78, 5) is 24.1. The first-order valence-electron chi connectivity index (χ1n) is 5.99. The van der Waals surface area contributed by atoms with Crippen molar-refractivity contribution in [1.29, 1.82) is 0 Å². The molecule has 110 valence electrons. The van der Waals surface area contributed by atoms with E-state index in [9.17, 15) is 9.59 Å². The second kappa shape index (κ2) is 8.52. The molecule has 0 aliphatic heterocycles. The summed E-state index contributed by atoms with van der Waals surface area (Å²) in [6, 6.07) is 6.75. The van der Waals surface area contributed by atoms with Crippen molar-refractivity contribution in [2.45, 2.75) is 0 Å². The van der Waals surface area contributed by atoms with Crippen LogP contribution in [0.4, 0.5) is 5.69 Å². The van der Waals surface area contributed by atoms with Gasteiger partial charge in [-0.05, 0) is 18.2 Å². The fourth-order valence-electron chi connectivity index (χ4n) is 1.60. The van der Waals surface area contributed by atoms with Crippen molar-refractivity contribution in [1.82, 2.24) is 4.90 Å². The average Bonchev–Trinajstić information content (AvgIpc) is 2.35. The molecule has 1 aromatic carbocycles. The SMILES string of the molecule is COCCN(CC(=O)O)CC(=O)Nc1cccc(Cl)c1. The topological polar surface area (TPSA) is 78.9 Å². The first-order chi connectivity index (χ1) is 9.51. The van der Waals surface area contributed by atoms with Gasteiger partial charge in [-0.25, -0.2) is 0 Å². The average molecular weight is 301 g/mol. The molecule has 0 unspecified atom stereocenters. The molecule has 1 amide bonds. The van der Waals surface area contributed by atoms with E-state index in [1.165, 1.54) is 12.0 Å². The van der Waals surface area contributed by atoms with Crippen molar-refractivity contribution < 1.29 is 19.4 Å². The van der Waals surface area contributed by atoms with E-state index in [4.69, 9.17) is 21.4 Å². The van der Waals surface area contributed by atoms with Gasteiger partial charge >= 0.3 is 5.97 Å². The Kier molecular flexibility index (Phi) is 7.00. The van der Waals surface area contributed by atoms with Crippen LogP contribution in [0.3, 0.4) is 0 Å². The number of hydrogen-bond donors (Lipinski definition) is 2. The maximum atomic E-state index is 11.8. The number of carbonyl (C=O) groups excluding carboxylic acids is 1. The largest absolute Gasteiger partial charge is 0.480 e. The number of carbonyl (C=O) groups is 2. The van der Waals surface area contributed by atoms with Gasteiger partial charge in [-0.15, -0.1) is 0 Å². The molecule has 2 N–H and O–H groups in total. The van der Waals surface area contributed by atoms with Crippen LogP contribution in [0, 0.1) is 0 Å². The van der Waals surface area contributed by atoms with Crippen LogP contribution in [0.2, 0.25) is 5.02 Å². The van der Waals surface area contributed by atoms with E-state index in [0.29, 0.717) is 23.9 Å². The maximum absolute atomic E-state index is 11.8. The van der Waals surface area contributed by atoms with Crippen molar-refractivity contribution in [2.75, 3.05) is 38.7 Å². The highest BCUT2D eigenvalue weighted by molar-refractivity contribution is 6.30. The smallest absolute Gasteiger partial charge is 0.317 e. The number of carboxylic acids is 1. The Morgan fingerprint density at radius 3 is 2.75 bits per heavy atom. The highest BCUT2D eigenvalue weighted by atomic mass is 35.5. The summed E-state index contributed by atoms with van der Waals surface area (Å²) in [7, 11) is 1.52. The molecule has 0 aliphatic rings. The van der Waals surface area contributed by atoms with Crippen molar-refractivity contribution in [3.63, 3.8) is 0 Å². The number of nitrogens with zero attached hydrogens (tertiary/aromatic N) is 1. The first kappa shape index (κ1) is 16.4. The maximum Gasteiger partial charge on any atom is 0.317 e. The van der Waals surface area contributed by atoms with Crippen molar-refractivity contribution in [2.24, 2.45) is 0 Å². The van der Waals surface area contributed by atoms with Crippen LogP contribution in [-0.2, 0) is 14.3 Å². The van der Waals surface area contributed by atoms with Crippen LogP contribution >= 0.6 is 11.6 Å². The van der Waals surface area contributed by atoms with Crippen LogP contribution in [0.15, 0.2) is 24.3 Å². The highest BCUT2D eigenvalue weighted by Gasteiger charge is 2.14. The number of carboxylic acid groups (broad SMARTS) is 1. The molecule has 1 aromatic rings. The quantitative estimate of drug-likeness (QED) is 0.757. The lowest BCUT2D eigenvalue weighted by atomic mass is 10.3. The molecule has 0 atom stereocenters. The van der Waals surface area contributed by atoms with Crippen LogP contribution in [0.1, 0.15) is 0 Å². The summed E-state index contributed by atoms with van der Waals surface area (Å²) in [5.41, 5.74) is 0.574. The molecule has 20 heavy (non-hydrogen) atoms. The van der Waals surface area contributed by atoms with Crippen LogP contribution < -0.4 is 5.32 Å². The summed E-state index contributed by atoms with van der Waals surface area (Å²) < 4.78 is 4.89. The van der Waals surface area contributed by atoms with Gasteiger partial charge < -0.3 is 15.2 Å². The van der Waals surface area contributed by atoms with Gasteiger partial charge in [0.1, 0.15) is 0 Å². The van der Waals surface area contributed by atoms with E-state index >= 15 is 0 Å². The third-order valence-electron chi connectivity index (χ3n) is 2.45. The number of halogens is 1. The Labute approximate surface area is 122 Å². The zero-order valence-electron chi connectivity index (χ0n) is 11.1. The van der Waals surface area contributed by atoms with Crippen LogP contribution in [-0.4, -0.2) is 55.2 Å². The molecular formula is C13H17ClN2O4. The highest BCUT2D eigenvalue weighted by Crippen LogP contribution is 2.14. The minimum Gasteiger partial charge on any atom is -0.480 e. The Morgan fingerprint density at radius 2 is 2.15 bits per heavy atom. The number of aliphatic carboxylic acids is 1. The molecule has 0 radical (unpaired) electrons. The van der Waals surface area contributed by atoms with Gasteiger partial charge in [0.25, 0.3) is 0 Å². The van der Waals surface area contributed by atoms with Gasteiger partial charge in [-0.3, -0.25) is 14.5 Å². The van der Waals surface area contributed by atoms with Crippen LogP contribution in [0.5, 0.6) is 0 Å². The summed E-state index contributed by atoms with van der Waals surface area (Å²) in [6.45, 7) is 0.484. The Balaban J connectivity index is 2.54. The Hall–Kier alpha value is -1.63. The zero-order chi connectivity index (χ0) is 15.0. The second-order valence-corrected chi connectivity index (χ2v) is 4.59. The predicted molar refractivity (Wildman–Crippen MR) is 76.0 cm³/mol. The fourth-order valence-corrected chi connectivity index (χ4v) is 1.79. The number of rotatable bonds is 8. The Morgan fingerprint density at radius 1 is 1.40 bits per heavy atom. The summed E-state index contributed by atoms with van der Waals surface area (Å²) >= 11 is 5.82. The number of benzene rings is 1. The van der Waals surface area contributed by atoms with E-state index < -0.39 is 5.97 Å². The summed E-state index contributed by atoms with van der Waals surface area (Å²) in [6.07, 6.45) is 0. The van der Waals surface area contributed by atoms with E-state index in [1.54, 1.807) is 24.3 Å². The molecular weight excluding hydrogens is 284 g/mol. The van der Waals surface area contributed by atoms with E-state index in [-0.39, 0.29) is 19.0 Å². The van der Waals surface area contributed by atoms with Gasteiger partial charge in [0.15, 0.2) is 0 Å². The molecule has 0 saturated heterocycles. The minimum absolute atomic E-state index is 0.0256. The summed E-state index contributed by atoms with van der Waals surface area (Å²) in [5.74, 6) is -1.29. The fraction of sp³-hybridized carbons (Fsp3) is 0.385. The lowest BCUT2D eigenvalue weighted by molar-refractivity contribution is -0.138. The Bertz CT molecular complexity index is 467. The van der Waals surface area contributed by atoms with Gasteiger partial charge in [0, 0.05) is 24.4 Å². The molecule has 0 heterocycles. The molecule has 0 spiro atoms. The van der Waals surface area contributed by atoms with Crippen molar-refractivity contribution in [3.05, 3.63) is 29.3 Å². The summed E-state index contributed by atoms with van der Waals surface area (Å²) in [5, 5.41) is 12.0. The normalized spacial score (nSPS) is 10.6. The standard InChI is InChI=1S/C13H17ClN2O4/c1-20-6-5-16(9-13(18)19)8-12(17)15-11-4-2-3-10(14)7-11/h2-4,7H,5-6,8-9H2,1H3,(H,15,17)(H,18,19). The zero-order valence-corrected chi connectivity index (χ0v) is 11.9. The molecule has 0 bridgehead atoms. The molecule has 0 fully saturated rings. The number of anilines is 1.